The van der Waals surface area contributed by atoms with Crippen LogP contribution in [0.25, 0.3) is 0 Å². The van der Waals surface area contributed by atoms with E-state index in [9.17, 15) is 0 Å². The minimum absolute atomic E-state index is 0. The molecule has 0 aromatic heterocycles. The van der Waals surface area contributed by atoms with Gasteiger partial charge in [-0.25, -0.2) is 0 Å². The standard InChI is InChI=1S/BO3.Ca.La.H2O.H/c2-1(3)4;;;;/h;;;1H2;/q-3;+1;+3;;/p-1. The molecule has 0 aliphatic rings. The Morgan fingerprint density at radius 2 is 1.00 bits per heavy atom. The summed E-state index contributed by atoms with van der Waals surface area (Å²) < 4.78 is 0. The second-order valence-corrected chi connectivity index (χ2v) is 0.289. The van der Waals surface area contributed by atoms with Crippen molar-refractivity contribution in [3.05, 3.63) is 0 Å². The van der Waals surface area contributed by atoms with Gasteiger partial charge in [0.25, 0.3) is 0 Å². The van der Waals surface area contributed by atoms with Crippen LogP contribution in [0.4, 0.5) is 0 Å². The van der Waals surface area contributed by atoms with Crippen LogP contribution >= 0.6 is 0 Å². The van der Waals surface area contributed by atoms with Crippen molar-refractivity contribution < 1.29 is 56.1 Å². The molecule has 4 nitrogen and oxygen atoms in total. The maximum atomic E-state index is 8.42. The number of rotatable bonds is 0. The first-order chi connectivity index (χ1) is 1.73. The van der Waals surface area contributed by atoms with E-state index in [4.69, 9.17) is 15.1 Å². The molecule has 0 spiro atoms. The Balaban J connectivity index is -0.0000000150. The zero-order valence-electron chi connectivity index (χ0n) is 3.83. The Labute approximate surface area is 99.4 Å². The minimum Gasteiger partial charge on any atom is -0.907 e. The van der Waals surface area contributed by atoms with Gasteiger partial charge in [-0.1, -0.05) is 0 Å². The number of hydrogen-bond acceptors (Lipinski definition) is 4. The van der Waals surface area contributed by atoms with Crippen molar-refractivity contribution in [2.24, 2.45) is 0 Å². The molecule has 0 heterocycles. The van der Waals surface area contributed by atoms with Crippen LogP contribution < -0.4 is 15.1 Å². The van der Waals surface area contributed by atoms with Crippen LogP contribution in [0.15, 0.2) is 0 Å². The normalized spacial score (nSPS) is 3.86. The second kappa shape index (κ2) is 15.8. The van der Waals surface area contributed by atoms with Gasteiger partial charge in [0.2, 0.25) is 0 Å². The van der Waals surface area contributed by atoms with E-state index in [2.05, 4.69) is 0 Å². The molecule has 0 aliphatic carbocycles. The smallest absolute Gasteiger partial charge is 0.907 e. The van der Waals surface area contributed by atoms with Gasteiger partial charge in [0.1, 0.15) is 0 Å². The van der Waals surface area contributed by atoms with Crippen LogP contribution in [-0.2, 0) is 0 Å². The predicted octanol–water partition coefficient (Wildman–Crippen LogP) is -4.77. The van der Waals surface area contributed by atoms with Crippen molar-refractivity contribution >= 4 is 45.1 Å². The maximum Gasteiger partial charge on any atom is 3.00 e. The fourth-order valence-corrected chi connectivity index (χ4v) is 0. The summed E-state index contributed by atoms with van der Waals surface area (Å²) in [5, 5.41) is 25.2. The first kappa shape index (κ1) is 22.8. The van der Waals surface area contributed by atoms with E-state index in [0.717, 1.165) is 0 Å². The molecule has 0 aromatic carbocycles. The summed E-state index contributed by atoms with van der Waals surface area (Å²) in [6.45, 7) is 0. The molecule has 0 rings (SSSR count). The molecule has 0 bridgehead atoms. The monoisotopic (exact) mass is 256 g/mol. The van der Waals surface area contributed by atoms with Gasteiger partial charge < -0.3 is 20.5 Å². The summed E-state index contributed by atoms with van der Waals surface area (Å²) in [4.78, 5) is 0. The Morgan fingerprint density at radius 1 is 1.00 bits per heavy atom. The third-order valence-corrected chi connectivity index (χ3v) is 0. The van der Waals surface area contributed by atoms with E-state index in [1.807, 2.05) is 0 Å². The molecule has 0 atom stereocenters. The van der Waals surface area contributed by atoms with Gasteiger partial charge in [-0.15, -0.1) is 0 Å². The van der Waals surface area contributed by atoms with Crippen molar-refractivity contribution in [3.63, 3.8) is 0 Å². The predicted molar refractivity (Wildman–Crippen MR) is 14.8 cm³/mol. The summed E-state index contributed by atoms with van der Waals surface area (Å²) >= 11 is 0. The van der Waals surface area contributed by atoms with Crippen molar-refractivity contribution in [1.29, 1.82) is 0 Å². The molecule has 0 radical (unpaired) electrons. The maximum absolute atomic E-state index is 8.42. The average molecular weight is 256 g/mol. The van der Waals surface area contributed by atoms with Gasteiger partial charge >= 0.3 is 73.3 Å². The molecule has 0 saturated carbocycles. The summed E-state index contributed by atoms with van der Waals surface area (Å²) in [7, 11) is -2.92. The molecule has 0 amide bonds. The van der Waals surface area contributed by atoms with Crippen molar-refractivity contribution in [2.45, 2.75) is 0 Å². The van der Waals surface area contributed by atoms with Gasteiger partial charge in [0.05, 0.1) is 0 Å². The van der Waals surface area contributed by atoms with Crippen LogP contribution in [0.2, 0.25) is 0 Å². The van der Waals surface area contributed by atoms with Crippen LogP contribution in [-0.4, -0.2) is 50.5 Å². The van der Waals surface area contributed by atoms with Crippen molar-refractivity contribution in [2.75, 3.05) is 0 Å². The zero-order valence-corrected chi connectivity index (χ0v) is 10.6. The molecule has 7 heteroatoms. The molecule has 7 heavy (non-hydrogen) atoms. The minimum atomic E-state index is -2.92. The molecular formula is H2BCaLaO4. The second-order valence-electron chi connectivity index (χ2n) is 0.289. The van der Waals surface area contributed by atoms with Gasteiger partial charge in [-0.2, -0.15) is 0 Å². The quantitative estimate of drug-likeness (QED) is 0.406. The van der Waals surface area contributed by atoms with E-state index < -0.39 is 7.32 Å². The van der Waals surface area contributed by atoms with Gasteiger partial charge in [-0.3, -0.25) is 7.32 Å². The van der Waals surface area contributed by atoms with E-state index in [0.29, 0.717) is 0 Å². The average Bonchev–Trinajstić information content (AvgIpc) is 0.811. The zero-order chi connectivity index (χ0) is 3.58. The Bertz CT molecular complexity index is 16.4. The van der Waals surface area contributed by atoms with E-state index >= 15 is 0 Å². The van der Waals surface area contributed by atoms with Crippen LogP contribution in [0.5, 0.6) is 0 Å². The summed E-state index contributed by atoms with van der Waals surface area (Å²) in [5.41, 5.74) is 0. The van der Waals surface area contributed by atoms with E-state index in [1.165, 1.54) is 0 Å². The van der Waals surface area contributed by atoms with Crippen LogP contribution in [0.1, 0.15) is 0 Å². The first-order valence-corrected chi connectivity index (χ1v) is 0.707. The fourth-order valence-electron chi connectivity index (χ4n) is 0. The topological polar surface area (TPSA) is 99.2 Å². The van der Waals surface area contributed by atoms with Gasteiger partial charge in [0, 0.05) is 0 Å². The van der Waals surface area contributed by atoms with E-state index in [1.54, 1.807) is 0 Å². The Hall–Kier alpha value is 2.36. The summed E-state index contributed by atoms with van der Waals surface area (Å²) in [6, 6.07) is 0. The fraction of sp³-hybridized carbons (Fsp3) is 0. The third-order valence-electron chi connectivity index (χ3n) is 0. The SMILES string of the molecule is [CaH+].[La+3].[O-]B([O-])[O-].[OH-]. The molecule has 1 N–H and O–H groups in total. The number of hydrogen-bond donors (Lipinski definition) is 0. The van der Waals surface area contributed by atoms with Gasteiger partial charge in [-0.05, 0) is 0 Å². The summed E-state index contributed by atoms with van der Waals surface area (Å²) in [5.74, 6) is 0. The molecule has 34 valence electrons. The van der Waals surface area contributed by atoms with Crippen molar-refractivity contribution in [1.82, 2.24) is 0 Å². The first-order valence-electron chi connectivity index (χ1n) is 0.707. The Kier molecular flexibility index (Phi) is 51.3. The third kappa shape index (κ3) is 60.7. The molecule has 0 unspecified atom stereocenters. The van der Waals surface area contributed by atoms with Gasteiger partial charge in [0.15, 0.2) is 0 Å². The molecule has 0 saturated heterocycles. The molecule has 0 aliphatic heterocycles. The molecular weight excluding hydrogens is 254 g/mol. The molecule has 0 fully saturated rings. The largest absolute Gasteiger partial charge is 3.00 e. The van der Waals surface area contributed by atoms with Crippen LogP contribution in [0.3, 0.4) is 0 Å². The van der Waals surface area contributed by atoms with Crippen LogP contribution in [0, 0.1) is 35.6 Å². The molecule has 0 aromatic rings. The Morgan fingerprint density at radius 3 is 1.00 bits per heavy atom. The van der Waals surface area contributed by atoms with Crippen molar-refractivity contribution in [3.8, 4) is 0 Å². The summed E-state index contributed by atoms with van der Waals surface area (Å²) in [6.07, 6.45) is 0. The van der Waals surface area contributed by atoms with E-state index in [-0.39, 0.29) is 78.8 Å².